The fourth-order valence-corrected chi connectivity index (χ4v) is 2.10. The highest BCUT2D eigenvalue weighted by atomic mass is 16.7. The summed E-state index contributed by atoms with van der Waals surface area (Å²) in [6, 6.07) is 4.14. The zero-order valence-corrected chi connectivity index (χ0v) is 9.91. The molecular weight excluding hydrogens is 216 g/mol. The van der Waals surface area contributed by atoms with Gasteiger partial charge in [-0.2, -0.15) is 0 Å². The van der Waals surface area contributed by atoms with Crippen LogP contribution in [-0.2, 0) is 6.42 Å². The molecule has 88 valence electrons. The molecule has 4 heteroatoms. The van der Waals surface area contributed by atoms with E-state index >= 15 is 0 Å². The molecule has 0 unspecified atom stereocenters. The van der Waals surface area contributed by atoms with Gasteiger partial charge < -0.3 is 14.5 Å². The van der Waals surface area contributed by atoms with Crippen molar-refractivity contribution in [2.75, 3.05) is 6.79 Å². The zero-order valence-electron chi connectivity index (χ0n) is 9.91. The summed E-state index contributed by atoms with van der Waals surface area (Å²) in [5.74, 6) is 2.59. The van der Waals surface area contributed by atoms with Crippen molar-refractivity contribution in [3.63, 3.8) is 0 Å². The Kier molecular flexibility index (Phi) is 2.28. The van der Waals surface area contributed by atoms with Gasteiger partial charge in [0.25, 0.3) is 0 Å². The minimum absolute atomic E-state index is 0.298. The van der Waals surface area contributed by atoms with Crippen molar-refractivity contribution in [2.24, 2.45) is 0 Å². The van der Waals surface area contributed by atoms with Gasteiger partial charge in [0.2, 0.25) is 6.79 Å². The van der Waals surface area contributed by atoms with Gasteiger partial charge in [-0.1, -0.05) is 13.0 Å². The molecule has 4 nitrogen and oxygen atoms in total. The quantitative estimate of drug-likeness (QED) is 0.862. The SMILES string of the molecule is CCc1ccc(-c2cnc(C)[nH]2)c2c1OCO2. The Hall–Kier alpha value is -1.97. The van der Waals surface area contributed by atoms with Crippen molar-refractivity contribution >= 4 is 0 Å². The summed E-state index contributed by atoms with van der Waals surface area (Å²) in [7, 11) is 0. The van der Waals surface area contributed by atoms with E-state index < -0.39 is 0 Å². The molecule has 0 atom stereocenters. The summed E-state index contributed by atoms with van der Waals surface area (Å²) in [4.78, 5) is 7.42. The van der Waals surface area contributed by atoms with Crippen LogP contribution in [0.4, 0.5) is 0 Å². The minimum atomic E-state index is 0.298. The first-order chi connectivity index (χ1) is 8.29. The summed E-state index contributed by atoms with van der Waals surface area (Å²) in [6.45, 7) is 4.34. The number of benzene rings is 1. The lowest BCUT2D eigenvalue weighted by Gasteiger charge is -2.07. The molecular formula is C13H14N2O2. The predicted octanol–water partition coefficient (Wildman–Crippen LogP) is 2.68. The lowest BCUT2D eigenvalue weighted by atomic mass is 10.1. The molecule has 0 radical (unpaired) electrons. The fourth-order valence-electron chi connectivity index (χ4n) is 2.10. The van der Waals surface area contributed by atoms with E-state index in [9.17, 15) is 0 Å². The first kappa shape index (κ1) is 10.2. The number of ether oxygens (including phenoxy) is 2. The molecule has 0 bridgehead atoms. The van der Waals surface area contributed by atoms with E-state index in [4.69, 9.17) is 9.47 Å². The Morgan fingerprint density at radius 3 is 2.82 bits per heavy atom. The average molecular weight is 230 g/mol. The molecule has 1 aromatic carbocycles. The van der Waals surface area contributed by atoms with E-state index in [0.717, 1.165) is 35.0 Å². The number of hydrogen-bond donors (Lipinski definition) is 1. The van der Waals surface area contributed by atoms with Crippen LogP contribution in [0.5, 0.6) is 11.5 Å². The van der Waals surface area contributed by atoms with E-state index in [1.807, 2.05) is 13.1 Å². The first-order valence-electron chi connectivity index (χ1n) is 5.73. The van der Waals surface area contributed by atoms with Gasteiger partial charge in [-0.3, -0.25) is 0 Å². The van der Waals surface area contributed by atoms with Gasteiger partial charge in [-0.25, -0.2) is 4.98 Å². The Morgan fingerprint density at radius 1 is 1.29 bits per heavy atom. The number of aryl methyl sites for hydroxylation is 2. The number of aromatic nitrogens is 2. The van der Waals surface area contributed by atoms with Crippen molar-refractivity contribution in [2.45, 2.75) is 20.3 Å². The van der Waals surface area contributed by atoms with E-state index in [1.165, 1.54) is 5.56 Å². The summed E-state index contributed by atoms with van der Waals surface area (Å²) < 4.78 is 11.1. The molecule has 2 heterocycles. The number of fused-ring (bicyclic) bond motifs is 1. The minimum Gasteiger partial charge on any atom is -0.453 e. The zero-order chi connectivity index (χ0) is 11.8. The van der Waals surface area contributed by atoms with Crippen LogP contribution in [0, 0.1) is 6.92 Å². The Labute approximate surface area is 99.6 Å². The Bertz CT molecular complexity index is 561. The third-order valence-corrected chi connectivity index (χ3v) is 2.97. The van der Waals surface area contributed by atoms with Crippen LogP contribution in [0.3, 0.4) is 0 Å². The van der Waals surface area contributed by atoms with Crippen LogP contribution < -0.4 is 9.47 Å². The number of nitrogens with one attached hydrogen (secondary N) is 1. The standard InChI is InChI=1S/C13H14N2O2/c1-3-9-4-5-10(11-6-14-8(2)15-11)13-12(9)16-7-17-13/h4-6H,3,7H2,1-2H3,(H,14,15). The Balaban J connectivity index is 2.16. The average Bonchev–Trinajstić information content (AvgIpc) is 2.96. The van der Waals surface area contributed by atoms with Crippen molar-refractivity contribution in [3.05, 3.63) is 29.7 Å². The maximum absolute atomic E-state index is 5.57. The van der Waals surface area contributed by atoms with Crippen molar-refractivity contribution in [3.8, 4) is 22.8 Å². The Morgan fingerprint density at radius 2 is 2.12 bits per heavy atom. The molecule has 17 heavy (non-hydrogen) atoms. The normalized spacial score (nSPS) is 13.1. The third kappa shape index (κ3) is 1.56. The van der Waals surface area contributed by atoms with Gasteiger partial charge in [0.15, 0.2) is 11.5 Å². The van der Waals surface area contributed by atoms with Crippen LogP contribution in [0.1, 0.15) is 18.3 Å². The highest BCUT2D eigenvalue weighted by molar-refractivity contribution is 5.73. The summed E-state index contributed by atoms with van der Waals surface area (Å²) in [5.41, 5.74) is 3.15. The lowest BCUT2D eigenvalue weighted by Crippen LogP contribution is -1.94. The molecule has 0 fully saturated rings. The molecule has 0 saturated heterocycles. The molecule has 1 aromatic heterocycles. The first-order valence-corrected chi connectivity index (χ1v) is 5.73. The van der Waals surface area contributed by atoms with Crippen molar-refractivity contribution in [1.82, 2.24) is 9.97 Å². The van der Waals surface area contributed by atoms with Gasteiger partial charge in [-0.15, -0.1) is 0 Å². The number of H-pyrrole nitrogens is 1. The van der Waals surface area contributed by atoms with Crippen LogP contribution in [-0.4, -0.2) is 16.8 Å². The largest absolute Gasteiger partial charge is 0.453 e. The molecule has 0 aliphatic carbocycles. The van der Waals surface area contributed by atoms with Crippen LogP contribution >= 0.6 is 0 Å². The van der Waals surface area contributed by atoms with Gasteiger partial charge in [0.1, 0.15) is 5.82 Å². The second-order valence-electron chi connectivity index (χ2n) is 4.07. The van der Waals surface area contributed by atoms with Gasteiger partial charge in [0, 0.05) is 5.56 Å². The van der Waals surface area contributed by atoms with Gasteiger partial charge in [0.05, 0.1) is 11.9 Å². The molecule has 2 aromatic rings. The number of aromatic amines is 1. The molecule has 0 amide bonds. The van der Waals surface area contributed by atoms with Gasteiger partial charge >= 0.3 is 0 Å². The van der Waals surface area contributed by atoms with E-state index in [2.05, 4.69) is 29.0 Å². The second-order valence-corrected chi connectivity index (χ2v) is 4.07. The highest BCUT2D eigenvalue weighted by Crippen LogP contribution is 2.43. The maximum Gasteiger partial charge on any atom is 0.231 e. The third-order valence-electron chi connectivity index (χ3n) is 2.97. The summed E-state index contributed by atoms with van der Waals surface area (Å²) in [5, 5.41) is 0. The van der Waals surface area contributed by atoms with Crippen molar-refractivity contribution < 1.29 is 9.47 Å². The monoisotopic (exact) mass is 230 g/mol. The number of rotatable bonds is 2. The van der Waals surface area contributed by atoms with Crippen LogP contribution in [0.25, 0.3) is 11.3 Å². The molecule has 0 spiro atoms. The van der Waals surface area contributed by atoms with E-state index in [-0.39, 0.29) is 0 Å². The molecule has 1 aliphatic rings. The predicted molar refractivity (Wildman–Crippen MR) is 64.3 cm³/mol. The fraction of sp³-hybridized carbons (Fsp3) is 0.308. The number of imidazole rings is 1. The van der Waals surface area contributed by atoms with Gasteiger partial charge in [-0.05, 0) is 25.0 Å². The molecule has 1 N–H and O–H groups in total. The van der Waals surface area contributed by atoms with Crippen molar-refractivity contribution in [1.29, 1.82) is 0 Å². The van der Waals surface area contributed by atoms with Crippen LogP contribution in [0.2, 0.25) is 0 Å². The maximum atomic E-state index is 5.57. The number of hydrogen-bond acceptors (Lipinski definition) is 3. The molecule has 0 saturated carbocycles. The molecule has 1 aliphatic heterocycles. The summed E-state index contributed by atoms with van der Waals surface area (Å²) >= 11 is 0. The highest BCUT2D eigenvalue weighted by Gasteiger charge is 2.22. The smallest absolute Gasteiger partial charge is 0.231 e. The molecule has 3 rings (SSSR count). The summed E-state index contributed by atoms with van der Waals surface area (Å²) in [6.07, 6.45) is 2.76. The van der Waals surface area contributed by atoms with E-state index in [0.29, 0.717) is 6.79 Å². The second kappa shape index (κ2) is 3.80. The van der Waals surface area contributed by atoms with Crippen LogP contribution in [0.15, 0.2) is 18.3 Å². The topological polar surface area (TPSA) is 47.1 Å². The lowest BCUT2D eigenvalue weighted by molar-refractivity contribution is 0.173. The van der Waals surface area contributed by atoms with E-state index in [1.54, 1.807) is 0 Å². The number of nitrogens with zero attached hydrogens (tertiary/aromatic N) is 1.